The fourth-order valence-electron chi connectivity index (χ4n) is 1.21. The molecule has 0 heterocycles. The molecule has 16 heavy (non-hydrogen) atoms. The molecule has 82 valence electrons. The number of hydrogen-bond donors (Lipinski definition) is 0. The molecule has 0 bridgehead atoms. The van der Waals surface area contributed by atoms with E-state index in [2.05, 4.69) is 54.6 Å². The quantitative estimate of drug-likeness (QED) is 0.533. The Morgan fingerprint density at radius 2 is 1.38 bits per heavy atom. The lowest BCUT2D eigenvalue weighted by Crippen LogP contribution is -1.74. The minimum Gasteiger partial charge on any atom is -0.0774 e. The largest absolute Gasteiger partial charge is 0.0774 e. The average molecular weight is 264 g/mol. The Kier molecular flexibility index (Phi) is 5.19. The highest BCUT2D eigenvalue weighted by Gasteiger charge is 1.95. The Labute approximate surface area is 108 Å². The minimum atomic E-state index is 1.06. The summed E-state index contributed by atoms with van der Waals surface area (Å²) in [6.07, 6.45) is 0. The van der Waals surface area contributed by atoms with Crippen molar-refractivity contribution in [1.29, 1.82) is 0 Å². The smallest absolute Gasteiger partial charge is 0.0297 e. The fraction of sp³-hybridized carbons (Fsp3) is 0.0769. The van der Waals surface area contributed by atoms with Crippen molar-refractivity contribution in [3.8, 4) is 0 Å². The van der Waals surface area contributed by atoms with Gasteiger partial charge < -0.3 is 0 Å². The summed E-state index contributed by atoms with van der Waals surface area (Å²) in [5, 5.41) is 0. The third-order valence-corrected chi connectivity index (χ3v) is 5.97. The van der Waals surface area contributed by atoms with Crippen LogP contribution in [0, 0.1) is 0 Å². The van der Waals surface area contributed by atoms with E-state index < -0.39 is 0 Å². The minimum absolute atomic E-state index is 1.06. The van der Waals surface area contributed by atoms with Gasteiger partial charge in [-0.05, 0) is 38.3 Å². The highest BCUT2D eigenvalue weighted by molar-refractivity contribution is 9.09. The van der Waals surface area contributed by atoms with Gasteiger partial charge in [0.25, 0.3) is 0 Å². The van der Waals surface area contributed by atoms with Crippen molar-refractivity contribution in [3.05, 3.63) is 66.2 Å². The monoisotopic (exact) mass is 264 g/mol. The first-order valence-corrected chi connectivity index (χ1v) is 8.65. The van der Waals surface area contributed by atoms with Gasteiger partial charge >= 0.3 is 0 Å². The molecule has 0 radical (unpaired) electrons. The summed E-state index contributed by atoms with van der Waals surface area (Å²) in [6, 6.07) is 21.0. The van der Waals surface area contributed by atoms with Crippen molar-refractivity contribution in [1.82, 2.24) is 0 Å². The maximum absolute atomic E-state index is 2.17. The first kappa shape index (κ1) is 12.0. The third kappa shape index (κ3) is 4.16. The van der Waals surface area contributed by atoms with Crippen LogP contribution >= 0.6 is 31.4 Å². The Hall–Kier alpha value is -0.510. The van der Waals surface area contributed by atoms with Crippen molar-refractivity contribution < 1.29 is 0 Å². The lowest BCUT2D eigenvalue weighted by Gasteiger charge is -2.00. The topological polar surface area (TPSA) is 0 Å². The summed E-state index contributed by atoms with van der Waals surface area (Å²) in [4.78, 5) is 1.31. The van der Waals surface area contributed by atoms with Gasteiger partial charge in [0.05, 0.1) is 0 Å². The zero-order valence-corrected chi connectivity index (χ0v) is 11.2. The van der Waals surface area contributed by atoms with E-state index in [-0.39, 0.29) is 0 Å². The molecular weight excluding hydrogens is 252 g/mol. The van der Waals surface area contributed by atoms with E-state index in [1.54, 1.807) is 0 Å². The second-order valence-electron chi connectivity index (χ2n) is 3.21. The average Bonchev–Trinajstić information content (AvgIpc) is 2.37. The molecule has 0 nitrogen and oxygen atoms in total. The molecule has 3 heteroatoms. The second-order valence-corrected chi connectivity index (χ2v) is 7.35. The molecule has 0 fully saturated rings. The van der Waals surface area contributed by atoms with Gasteiger partial charge in [0.15, 0.2) is 0 Å². The van der Waals surface area contributed by atoms with Gasteiger partial charge in [0.2, 0.25) is 0 Å². The summed E-state index contributed by atoms with van der Waals surface area (Å²) < 4.78 is 0. The Bertz CT molecular complexity index is 359. The highest BCUT2D eigenvalue weighted by atomic mass is 33.5. The molecule has 0 unspecified atom stereocenters. The Balaban J connectivity index is 1.70. The van der Waals surface area contributed by atoms with Crippen LogP contribution in [0.25, 0.3) is 0 Å². The van der Waals surface area contributed by atoms with Gasteiger partial charge in [-0.3, -0.25) is 0 Å². The van der Waals surface area contributed by atoms with Gasteiger partial charge in [-0.15, -0.1) is 0 Å². The molecule has 0 N–H and O–H groups in total. The SMILES string of the molecule is c1ccc(CSSSc2ccccc2)cc1. The maximum Gasteiger partial charge on any atom is 0.0297 e. The van der Waals surface area contributed by atoms with Crippen molar-refractivity contribution in [2.24, 2.45) is 0 Å². The third-order valence-electron chi connectivity index (χ3n) is 1.99. The lowest BCUT2D eigenvalue weighted by atomic mass is 10.2. The molecule has 2 aromatic rings. The van der Waals surface area contributed by atoms with E-state index in [1.807, 2.05) is 37.5 Å². The normalized spacial score (nSPS) is 10.2. The molecule has 0 saturated carbocycles. The molecule has 0 spiro atoms. The molecule has 0 aliphatic carbocycles. The number of hydrogen-bond acceptors (Lipinski definition) is 3. The summed E-state index contributed by atoms with van der Waals surface area (Å²) in [5.74, 6) is 1.06. The predicted molar refractivity (Wildman–Crippen MR) is 77.6 cm³/mol. The first-order chi connectivity index (χ1) is 7.95. The molecular formula is C13H12S3. The van der Waals surface area contributed by atoms with E-state index in [0.29, 0.717) is 0 Å². The highest BCUT2D eigenvalue weighted by Crippen LogP contribution is 2.41. The van der Waals surface area contributed by atoms with Crippen LogP contribution in [0.5, 0.6) is 0 Å². The van der Waals surface area contributed by atoms with Crippen LogP contribution in [0.15, 0.2) is 65.6 Å². The molecule has 2 aromatic carbocycles. The predicted octanol–water partition coefficient (Wildman–Crippen LogP) is 5.28. The van der Waals surface area contributed by atoms with E-state index >= 15 is 0 Å². The van der Waals surface area contributed by atoms with Gasteiger partial charge in [0.1, 0.15) is 0 Å². The number of benzene rings is 2. The van der Waals surface area contributed by atoms with Crippen LogP contribution in [0.2, 0.25) is 0 Å². The van der Waals surface area contributed by atoms with Gasteiger partial charge in [0, 0.05) is 10.6 Å². The van der Waals surface area contributed by atoms with E-state index in [4.69, 9.17) is 0 Å². The van der Waals surface area contributed by atoms with Crippen LogP contribution < -0.4 is 0 Å². The summed E-state index contributed by atoms with van der Waals surface area (Å²) in [7, 11) is 5.53. The molecule has 0 aliphatic heterocycles. The molecule has 0 amide bonds. The standard InChI is InChI=1S/C13H12S3/c1-3-7-12(8-4-1)11-14-16-15-13-9-5-2-6-10-13/h1-10H,11H2. The molecule has 0 aliphatic rings. The molecule has 2 rings (SSSR count). The number of rotatable bonds is 5. The summed E-state index contributed by atoms with van der Waals surface area (Å²) in [5.41, 5.74) is 1.38. The van der Waals surface area contributed by atoms with E-state index in [0.717, 1.165) is 5.75 Å². The summed E-state index contributed by atoms with van der Waals surface area (Å²) >= 11 is 0. The van der Waals surface area contributed by atoms with Crippen molar-refractivity contribution in [3.63, 3.8) is 0 Å². The Morgan fingerprint density at radius 3 is 2.06 bits per heavy atom. The van der Waals surface area contributed by atoms with E-state index in [9.17, 15) is 0 Å². The molecule has 0 saturated heterocycles. The van der Waals surface area contributed by atoms with Crippen LogP contribution in [-0.2, 0) is 5.75 Å². The van der Waals surface area contributed by atoms with Crippen LogP contribution in [0.3, 0.4) is 0 Å². The second kappa shape index (κ2) is 6.94. The summed E-state index contributed by atoms with van der Waals surface area (Å²) in [6.45, 7) is 0. The lowest BCUT2D eigenvalue weighted by molar-refractivity contribution is 1.43. The van der Waals surface area contributed by atoms with Crippen molar-refractivity contribution in [2.75, 3.05) is 0 Å². The molecule has 0 aromatic heterocycles. The van der Waals surface area contributed by atoms with Crippen molar-refractivity contribution in [2.45, 2.75) is 10.6 Å². The van der Waals surface area contributed by atoms with Crippen molar-refractivity contribution >= 4 is 31.4 Å². The van der Waals surface area contributed by atoms with Crippen LogP contribution in [0.4, 0.5) is 0 Å². The van der Waals surface area contributed by atoms with Crippen LogP contribution in [0.1, 0.15) is 5.56 Å². The zero-order valence-electron chi connectivity index (χ0n) is 8.71. The van der Waals surface area contributed by atoms with Gasteiger partial charge in [-0.2, -0.15) is 0 Å². The Morgan fingerprint density at radius 1 is 0.750 bits per heavy atom. The molecule has 0 atom stereocenters. The zero-order chi connectivity index (χ0) is 11.1. The first-order valence-electron chi connectivity index (χ1n) is 5.00. The van der Waals surface area contributed by atoms with Gasteiger partial charge in [-0.25, -0.2) is 0 Å². The van der Waals surface area contributed by atoms with Gasteiger partial charge in [-0.1, -0.05) is 59.3 Å². The maximum atomic E-state index is 2.17. The van der Waals surface area contributed by atoms with E-state index in [1.165, 1.54) is 10.5 Å². The van der Waals surface area contributed by atoms with Crippen LogP contribution in [-0.4, -0.2) is 0 Å². The fourth-order valence-corrected chi connectivity index (χ4v) is 4.82.